The average Bonchev–Trinajstić information content (AvgIpc) is 3.77. The Morgan fingerprint density at radius 2 is 1.55 bits per heavy atom. The Balaban J connectivity index is 0.000000214. The van der Waals surface area contributed by atoms with Gasteiger partial charge in [0.1, 0.15) is 5.58 Å². The number of rotatable bonds is 5. The van der Waals surface area contributed by atoms with E-state index in [1.165, 1.54) is 11.6 Å². The minimum Gasteiger partial charge on any atom is -0.501 e. The predicted octanol–water partition coefficient (Wildman–Crippen LogP) is 11.9. The number of furan rings is 1. The molecule has 263 valence electrons. The SMILES string of the molecule is CC(C)c1ccccc1-n1c(-c2[c-]ccc3c2oc2ccccc23)nc2ccc(-c3ccccc3)nc21.[2H]C([2H])([2H])c1c[c-]c(-c2ccc(C)cn2)c(F)c1.[Ir]. The van der Waals surface area contributed by atoms with Gasteiger partial charge in [0, 0.05) is 52.9 Å². The van der Waals surface area contributed by atoms with Gasteiger partial charge in [-0.05, 0) is 53.9 Å². The molecule has 5 nitrogen and oxygen atoms in total. The van der Waals surface area contributed by atoms with Crippen LogP contribution < -0.4 is 0 Å². The molecule has 7 heteroatoms. The van der Waals surface area contributed by atoms with Crippen molar-refractivity contribution in [3.8, 4) is 39.6 Å². The molecule has 0 atom stereocenters. The van der Waals surface area contributed by atoms with E-state index in [4.69, 9.17) is 18.5 Å². The van der Waals surface area contributed by atoms with Gasteiger partial charge in [-0.15, -0.1) is 42.0 Å². The second-order valence-corrected chi connectivity index (χ2v) is 12.9. The fourth-order valence-corrected chi connectivity index (χ4v) is 6.44. The number of aromatic nitrogens is 4. The van der Waals surface area contributed by atoms with Crippen LogP contribution in [0.1, 0.15) is 40.6 Å². The maximum absolute atomic E-state index is 13.8. The molecular weight excluding hydrogens is 836 g/mol. The summed E-state index contributed by atoms with van der Waals surface area (Å²) in [5, 5.41) is 2.14. The molecule has 53 heavy (non-hydrogen) atoms. The first kappa shape index (κ1) is 31.9. The van der Waals surface area contributed by atoms with Gasteiger partial charge in [-0.2, -0.15) is 0 Å². The first-order valence-electron chi connectivity index (χ1n) is 18.6. The van der Waals surface area contributed by atoms with Gasteiger partial charge in [0.15, 0.2) is 5.65 Å². The summed E-state index contributed by atoms with van der Waals surface area (Å²) in [6, 6.07) is 46.9. The third-order valence-corrected chi connectivity index (χ3v) is 9.00. The van der Waals surface area contributed by atoms with Crippen molar-refractivity contribution in [2.45, 2.75) is 33.5 Å². The maximum atomic E-state index is 13.8. The molecule has 4 heterocycles. The summed E-state index contributed by atoms with van der Waals surface area (Å²) in [6.07, 6.45) is 1.63. The number of benzene rings is 5. The zero-order valence-corrected chi connectivity index (χ0v) is 31.6. The fraction of sp³-hybridized carbons (Fsp3) is 0.109. The standard InChI is InChI=1S/C33H24N3O.C13H11FN.Ir/c1-21(2)23-13-6-8-17-29(23)36-32(26-16-10-15-25-24-14-7-9-18-30(24)37-31(25)26)35-28-20-19-27(34-33(28)36)22-11-4-3-5-12-22;1-9-3-5-11(12(14)7-9)13-6-4-10(2)8-15-13;/h3-15,17-21H,1-2H3;3-4,6-8H,1-2H3;/q2*-1;/i;1D3;. The number of para-hydroxylation sites is 2. The molecule has 0 aliphatic heterocycles. The van der Waals surface area contributed by atoms with E-state index in [9.17, 15) is 4.39 Å². The van der Waals surface area contributed by atoms with Gasteiger partial charge in [0.2, 0.25) is 0 Å². The Bertz CT molecular complexity index is 2810. The first-order valence-corrected chi connectivity index (χ1v) is 17.1. The molecule has 0 unspecified atom stereocenters. The van der Waals surface area contributed by atoms with E-state index in [-0.39, 0.29) is 31.2 Å². The van der Waals surface area contributed by atoms with Gasteiger partial charge < -0.3 is 14.0 Å². The zero-order chi connectivity index (χ0) is 38.3. The molecule has 0 aliphatic rings. The van der Waals surface area contributed by atoms with E-state index in [2.05, 4.69) is 90.1 Å². The maximum Gasteiger partial charge on any atom is 0.156 e. The van der Waals surface area contributed by atoms with Gasteiger partial charge in [-0.3, -0.25) is 9.37 Å². The summed E-state index contributed by atoms with van der Waals surface area (Å²) in [5.74, 6) is 0.468. The van der Waals surface area contributed by atoms with Crippen LogP contribution in [0.3, 0.4) is 0 Å². The molecule has 1 radical (unpaired) electrons. The minimum atomic E-state index is -2.32. The quantitative estimate of drug-likeness (QED) is 0.162. The predicted molar refractivity (Wildman–Crippen MR) is 208 cm³/mol. The van der Waals surface area contributed by atoms with E-state index >= 15 is 0 Å². The summed E-state index contributed by atoms with van der Waals surface area (Å²) < 4.78 is 44.0. The molecule has 4 aromatic heterocycles. The Morgan fingerprint density at radius 1 is 0.774 bits per heavy atom. The van der Waals surface area contributed by atoms with E-state index in [1.54, 1.807) is 12.3 Å². The van der Waals surface area contributed by atoms with Crippen molar-refractivity contribution in [3.63, 3.8) is 0 Å². The van der Waals surface area contributed by atoms with Crippen LogP contribution in [0, 0.1) is 31.7 Å². The molecule has 0 saturated heterocycles. The summed E-state index contributed by atoms with van der Waals surface area (Å²) in [5.41, 5.74) is 9.91. The zero-order valence-electron chi connectivity index (χ0n) is 32.2. The molecule has 0 N–H and O–H groups in total. The third-order valence-electron chi connectivity index (χ3n) is 9.00. The fourth-order valence-electron chi connectivity index (χ4n) is 6.44. The van der Waals surface area contributed by atoms with Gasteiger partial charge in [0.25, 0.3) is 0 Å². The Hall–Kier alpha value is -5.75. The van der Waals surface area contributed by atoms with Crippen LogP contribution in [0.5, 0.6) is 0 Å². The molecule has 0 fully saturated rings. The largest absolute Gasteiger partial charge is 0.501 e. The molecule has 0 amide bonds. The Labute approximate surface area is 325 Å². The van der Waals surface area contributed by atoms with Crippen LogP contribution in [-0.4, -0.2) is 19.5 Å². The first-order chi connectivity index (χ1) is 26.6. The van der Waals surface area contributed by atoms with Crippen molar-refractivity contribution in [3.05, 3.63) is 168 Å². The van der Waals surface area contributed by atoms with Crippen LogP contribution >= 0.6 is 0 Å². The van der Waals surface area contributed by atoms with Crippen LogP contribution in [0.25, 0.3) is 72.7 Å². The van der Waals surface area contributed by atoms with Crippen LogP contribution in [0.4, 0.5) is 4.39 Å². The number of nitrogens with zero attached hydrogens (tertiary/aromatic N) is 4. The van der Waals surface area contributed by atoms with Gasteiger partial charge in [-0.1, -0.05) is 116 Å². The molecule has 9 rings (SSSR count). The van der Waals surface area contributed by atoms with Crippen molar-refractivity contribution in [2.24, 2.45) is 0 Å². The van der Waals surface area contributed by atoms with Gasteiger partial charge >= 0.3 is 0 Å². The Kier molecular flexibility index (Phi) is 9.09. The van der Waals surface area contributed by atoms with E-state index in [0.717, 1.165) is 73.1 Å². The molecule has 0 bridgehead atoms. The second kappa shape index (κ2) is 15.1. The summed E-state index contributed by atoms with van der Waals surface area (Å²) in [4.78, 5) is 14.4. The number of hydrogen-bond donors (Lipinski definition) is 0. The Morgan fingerprint density at radius 3 is 2.32 bits per heavy atom. The van der Waals surface area contributed by atoms with Crippen molar-refractivity contribution >= 4 is 33.1 Å². The molecule has 5 aromatic carbocycles. The van der Waals surface area contributed by atoms with Crippen LogP contribution in [0.2, 0.25) is 0 Å². The summed E-state index contributed by atoms with van der Waals surface area (Å²) in [6.45, 7) is 3.99. The molecule has 0 aliphatic carbocycles. The smallest absolute Gasteiger partial charge is 0.156 e. The topological polar surface area (TPSA) is 56.7 Å². The molecule has 0 saturated carbocycles. The van der Waals surface area contributed by atoms with Gasteiger partial charge in [0.05, 0.1) is 22.6 Å². The number of aryl methyl sites for hydroxylation is 2. The van der Waals surface area contributed by atoms with Crippen molar-refractivity contribution in [1.82, 2.24) is 19.5 Å². The number of halogens is 1. The normalized spacial score (nSPS) is 12.2. The molecule has 9 aromatic rings. The van der Waals surface area contributed by atoms with Gasteiger partial charge in [-0.25, -0.2) is 4.98 Å². The van der Waals surface area contributed by atoms with E-state index in [0.29, 0.717) is 11.6 Å². The average molecular weight is 874 g/mol. The van der Waals surface area contributed by atoms with Crippen LogP contribution in [-0.2, 0) is 20.1 Å². The number of hydrogen-bond acceptors (Lipinski definition) is 4. The number of fused-ring (bicyclic) bond motifs is 4. The minimum absolute atomic E-state index is 0. The number of pyridine rings is 2. The number of imidazole rings is 1. The summed E-state index contributed by atoms with van der Waals surface area (Å²) >= 11 is 0. The third kappa shape index (κ3) is 6.94. The van der Waals surface area contributed by atoms with Crippen molar-refractivity contribution < 1.29 is 33.0 Å². The molecule has 0 spiro atoms. The summed E-state index contributed by atoms with van der Waals surface area (Å²) in [7, 11) is 0. The van der Waals surface area contributed by atoms with E-state index < -0.39 is 12.7 Å². The van der Waals surface area contributed by atoms with Crippen molar-refractivity contribution in [1.29, 1.82) is 0 Å². The monoisotopic (exact) mass is 874 g/mol. The second-order valence-electron chi connectivity index (χ2n) is 12.9. The molecular formula is C46H35FIrN4O-2. The van der Waals surface area contributed by atoms with Crippen molar-refractivity contribution in [2.75, 3.05) is 0 Å². The van der Waals surface area contributed by atoms with Crippen LogP contribution in [0.15, 0.2) is 138 Å². The van der Waals surface area contributed by atoms with E-state index in [1.807, 2.05) is 61.5 Å².